The van der Waals surface area contributed by atoms with Crippen LogP contribution in [0.15, 0.2) is 23.3 Å². The maximum Gasteiger partial charge on any atom is 0.247 e. The summed E-state index contributed by atoms with van der Waals surface area (Å²) in [5, 5.41) is 0. The van der Waals surface area contributed by atoms with Gasteiger partial charge in [0.25, 0.3) is 0 Å². The average Bonchev–Trinajstić information content (AvgIpc) is 1.99. The van der Waals surface area contributed by atoms with Crippen LogP contribution < -0.4 is 5.73 Å². The summed E-state index contributed by atoms with van der Waals surface area (Å²) in [4.78, 5) is 10.5. The lowest BCUT2D eigenvalue weighted by Gasteiger charge is -1.95. The molecule has 0 radical (unpaired) electrons. The Morgan fingerprint density at radius 3 is 2.45 bits per heavy atom. The molecule has 11 heavy (non-hydrogen) atoms. The van der Waals surface area contributed by atoms with Gasteiger partial charge in [-0.1, -0.05) is 11.6 Å². The molecule has 0 unspecified atom stereocenters. The maximum absolute atomic E-state index is 12.0. The molecule has 0 aromatic rings. The van der Waals surface area contributed by atoms with Crippen LogP contribution in [0.1, 0.15) is 13.8 Å². The summed E-state index contributed by atoms with van der Waals surface area (Å²) in [6.07, 6.45) is 3.22. The van der Waals surface area contributed by atoms with Gasteiger partial charge in [0.15, 0.2) is 0 Å². The van der Waals surface area contributed by atoms with Crippen molar-refractivity contribution >= 4 is 5.91 Å². The topological polar surface area (TPSA) is 43.1 Å². The number of halogens is 1. The molecule has 0 spiro atoms. The Morgan fingerprint density at radius 2 is 2.18 bits per heavy atom. The van der Waals surface area contributed by atoms with Gasteiger partial charge in [-0.25, -0.2) is 4.39 Å². The third-order valence-corrected chi connectivity index (χ3v) is 1.32. The Bertz CT molecular complexity index is 206. The number of nitrogens with two attached hydrogens (primary N) is 1. The second kappa shape index (κ2) is 4.66. The highest BCUT2D eigenvalue weighted by Crippen LogP contribution is 2.01. The van der Waals surface area contributed by atoms with E-state index in [-0.39, 0.29) is 5.57 Å². The lowest BCUT2D eigenvalue weighted by Crippen LogP contribution is -2.15. The first kappa shape index (κ1) is 9.88. The zero-order valence-electron chi connectivity index (χ0n) is 6.73. The Hall–Kier alpha value is -1.12. The van der Waals surface area contributed by atoms with Gasteiger partial charge in [-0.05, 0) is 19.9 Å². The summed E-state index contributed by atoms with van der Waals surface area (Å²) < 4.78 is 12.0. The van der Waals surface area contributed by atoms with Crippen molar-refractivity contribution in [3.63, 3.8) is 0 Å². The third kappa shape index (κ3) is 3.55. The predicted octanol–water partition coefficient (Wildman–Crippen LogP) is 1.33. The van der Waals surface area contributed by atoms with E-state index in [1.54, 1.807) is 13.0 Å². The number of rotatable bonds is 3. The molecule has 0 aromatic heterocycles. The van der Waals surface area contributed by atoms with Gasteiger partial charge in [0.2, 0.25) is 5.91 Å². The number of carbonyl (C=O) groups excluding carboxylic acids is 1. The smallest absolute Gasteiger partial charge is 0.247 e. The minimum atomic E-state index is -0.805. The molecule has 0 aliphatic rings. The molecule has 0 bridgehead atoms. The van der Waals surface area contributed by atoms with E-state index in [2.05, 4.69) is 0 Å². The molecular formula is C8H12FNO. The van der Waals surface area contributed by atoms with E-state index in [1.165, 1.54) is 6.08 Å². The molecule has 2 nitrogen and oxygen atoms in total. The highest BCUT2D eigenvalue weighted by molar-refractivity contribution is 5.92. The van der Waals surface area contributed by atoms with Gasteiger partial charge in [0, 0.05) is 5.57 Å². The van der Waals surface area contributed by atoms with Gasteiger partial charge in [-0.2, -0.15) is 0 Å². The quantitative estimate of drug-likeness (QED) is 0.487. The fraction of sp³-hybridized carbons (Fsp3) is 0.375. The summed E-state index contributed by atoms with van der Waals surface area (Å²) in [5.41, 5.74) is 5.72. The van der Waals surface area contributed by atoms with Crippen molar-refractivity contribution in [3.8, 4) is 0 Å². The molecule has 2 N–H and O–H groups in total. The van der Waals surface area contributed by atoms with Crippen molar-refractivity contribution in [2.24, 2.45) is 5.73 Å². The van der Waals surface area contributed by atoms with E-state index < -0.39 is 12.6 Å². The summed E-state index contributed by atoms with van der Waals surface area (Å²) in [7, 11) is 0. The molecule has 0 saturated carbocycles. The van der Waals surface area contributed by atoms with Crippen LogP contribution in [0.2, 0.25) is 0 Å². The fourth-order valence-electron chi connectivity index (χ4n) is 0.534. The molecule has 3 heteroatoms. The van der Waals surface area contributed by atoms with Crippen molar-refractivity contribution in [2.45, 2.75) is 13.8 Å². The predicted molar refractivity (Wildman–Crippen MR) is 42.7 cm³/mol. The molecule has 0 aromatic carbocycles. The Balaban J connectivity index is 4.49. The highest BCUT2D eigenvalue weighted by atomic mass is 19.1. The number of hydrogen-bond acceptors (Lipinski definition) is 1. The zero-order valence-corrected chi connectivity index (χ0v) is 6.73. The first-order valence-electron chi connectivity index (χ1n) is 3.31. The molecule has 62 valence electrons. The summed E-state index contributed by atoms with van der Waals surface area (Å²) >= 11 is 0. The van der Waals surface area contributed by atoms with Gasteiger partial charge >= 0.3 is 0 Å². The SMILES string of the molecule is C/C=C(C)\C=C(/CF)C(N)=O. The first-order chi connectivity index (χ1) is 5.11. The van der Waals surface area contributed by atoms with E-state index in [1.807, 2.05) is 6.92 Å². The number of alkyl halides is 1. The minimum Gasteiger partial charge on any atom is -0.366 e. The highest BCUT2D eigenvalue weighted by Gasteiger charge is 2.02. The van der Waals surface area contributed by atoms with Crippen molar-refractivity contribution < 1.29 is 9.18 Å². The first-order valence-corrected chi connectivity index (χ1v) is 3.31. The largest absolute Gasteiger partial charge is 0.366 e. The Kier molecular flexibility index (Phi) is 4.18. The molecule has 1 amide bonds. The van der Waals surface area contributed by atoms with Crippen LogP contribution >= 0.6 is 0 Å². The maximum atomic E-state index is 12.0. The number of allylic oxidation sites excluding steroid dienone is 3. The second-order valence-corrected chi connectivity index (χ2v) is 2.20. The van der Waals surface area contributed by atoms with E-state index in [9.17, 15) is 9.18 Å². The van der Waals surface area contributed by atoms with E-state index >= 15 is 0 Å². The third-order valence-electron chi connectivity index (χ3n) is 1.32. The minimum absolute atomic E-state index is 0.0144. The molecule has 0 heterocycles. The molecule has 0 atom stereocenters. The van der Waals surface area contributed by atoms with Gasteiger partial charge in [-0.3, -0.25) is 4.79 Å². The van der Waals surface area contributed by atoms with E-state index in [0.717, 1.165) is 5.57 Å². The monoisotopic (exact) mass is 157 g/mol. The van der Waals surface area contributed by atoms with Crippen LogP contribution in [0.5, 0.6) is 0 Å². The number of primary amides is 1. The van der Waals surface area contributed by atoms with Crippen LogP contribution in [0.4, 0.5) is 4.39 Å². The van der Waals surface area contributed by atoms with E-state index in [4.69, 9.17) is 5.73 Å². The molecule has 0 saturated heterocycles. The normalized spacial score (nSPS) is 13.4. The molecule has 0 aliphatic carbocycles. The van der Waals surface area contributed by atoms with Gasteiger partial charge in [0.05, 0.1) is 0 Å². The summed E-state index contributed by atoms with van der Waals surface area (Å²) in [6, 6.07) is 0. The molecule has 0 aliphatic heterocycles. The summed E-state index contributed by atoms with van der Waals surface area (Å²) in [5.74, 6) is -0.700. The number of carbonyl (C=O) groups is 1. The van der Waals surface area contributed by atoms with Crippen LogP contribution in [0.25, 0.3) is 0 Å². The van der Waals surface area contributed by atoms with Gasteiger partial charge < -0.3 is 5.73 Å². The zero-order chi connectivity index (χ0) is 8.85. The van der Waals surface area contributed by atoms with Crippen molar-refractivity contribution in [1.29, 1.82) is 0 Å². The van der Waals surface area contributed by atoms with Crippen molar-refractivity contribution in [2.75, 3.05) is 6.67 Å². The van der Waals surface area contributed by atoms with Crippen molar-refractivity contribution in [1.82, 2.24) is 0 Å². The van der Waals surface area contributed by atoms with Crippen LogP contribution in [0.3, 0.4) is 0 Å². The standard InChI is InChI=1S/C8H12FNO/c1-3-6(2)4-7(5-9)8(10)11/h3-4H,5H2,1-2H3,(H2,10,11)/b6-3-,7-4+. The van der Waals surface area contributed by atoms with E-state index in [0.29, 0.717) is 0 Å². The van der Waals surface area contributed by atoms with Crippen LogP contribution in [-0.2, 0) is 4.79 Å². The van der Waals surface area contributed by atoms with Gasteiger partial charge in [0.1, 0.15) is 6.67 Å². The molecule has 0 fully saturated rings. The summed E-state index contributed by atoms with van der Waals surface area (Å²) in [6.45, 7) is 2.78. The Morgan fingerprint density at radius 1 is 1.64 bits per heavy atom. The second-order valence-electron chi connectivity index (χ2n) is 2.20. The number of amides is 1. The molecule has 0 rings (SSSR count). The molecular weight excluding hydrogens is 145 g/mol. The lowest BCUT2D eigenvalue weighted by atomic mass is 10.2. The van der Waals surface area contributed by atoms with Crippen molar-refractivity contribution in [3.05, 3.63) is 23.3 Å². The van der Waals surface area contributed by atoms with Crippen LogP contribution in [-0.4, -0.2) is 12.6 Å². The number of hydrogen-bond donors (Lipinski definition) is 1. The van der Waals surface area contributed by atoms with Gasteiger partial charge in [-0.15, -0.1) is 0 Å². The van der Waals surface area contributed by atoms with Crippen LogP contribution in [0, 0.1) is 0 Å². The lowest BCUT2D eigenvalue weighted by molar-refractivity contribution is -0.114. The Labute approximate surface area is 65.6 Å². The average molecular weight is 157 g/mol. The fourth-order valence-corrected chi connectivity index (χ4v) is 0.534.